The number of carbonyl (C=O) groups is 1. The number of imidazole rings is 1. The van der Waals surface area contributed by atoms with Crippen molar-refractivity contribution in [2.24, 2.45) is 11.8 Å². The molecule has 0 aliphatic heterocycles. The predicted octanol–water partition coefficient (Wildman–Crippen LogP) is 1.60. The Morgan fingerprint density at radius 3 is 3.06 bits per heavy atom. The number of rotatable bonds is 3. The van der Waals surface area contributed by atoms with E-state index in [-0.39, 0.29) is 11.8 Å². The van der Waals surface area contributed by atoms with Gasteiger partial charge in [-0.05, 0) is 25.7 Å². The zero-order valence-electron chi connectivity index (χ0n) is 10.8. The van der Waals surface area contributed by atoms with Gasteiger partial charge >= 0.3 is 0 Å². The van der Waals surface area contributed by atoms with Crippen LogP contribution in [0.2, 0.25) is 0 Å². The number of H-pyrrole nitrogens is 1. The van der Waals surface area contributed by atoms with Gasteiger partial charge in [-0.2, -0.15) is 0 Å². The van der Waals surface area contributed by atoms with E-state index in [1.54, 1.807) is 0 Å². The van der Waals surface area contributed by atoms with Crippen molar-refractivity contribution in [2.75, 3.05) is 6.54 Å². The summed E-state index contributed by atoms with van der Waals surface area (Å²) in [4.78, 5) is 19.7. The smallest absolute Gasteiger partial charge is 0.223 e. The van der Waals surface area contributed by atoms with Crippen LogP contribution in [-0.4, -0.2) is 22.4 Å². The van der Waals surface area contributed by atoms with E-state index in [0.717, 1.165) is 43.0 Å². The van der Waals surface area contributed by atoms with Gasteiger partial charge in [0.05, 0.1) is 5.69 Å². The molecule has 0 saturated carbocycles. The van der Waals surface area contributed by atoms with E-state index >= 15 is 0 Å². The van der Waals surface area contributed by atoms with Crippen LogP contribution in [0.5, 0.6) is 0 Å². The minimum Gasteiger partial charge on any atom is -0.356 e. The zero-order chi connectivity index (χ0) is 12.4. The molecule has 4 nitrogen and oxygen atoms in total. The molecule has 0 aromatic carbocycles. The molecule has 1 unspecified atom stereocenters. The maximum atomic E-state index is 12.0. The highest BCUT2D eigenvalue weighted by Crippen LogP contribution is 2.23. The van der Waals surface area contributed by atoms with Crippen molar-refractivity contribution in [3.05, 3.63) is 17.2 Å². The number of hydrogen-bond acceptors (Lipinski definition) is 2. The quantitative estimate of drug-likeness (QED) is 0.836. The van der Waals surface area contributed by atoms with Crippen LogP contribution in [-0.2, 0) is 17.6 Å². The van der Waals surface area contributed by atoms with Gasteiger partial charge in [-0.15, -0.1) is 0 Å². The van der Waals surface area contributed by atoms with Crippen LogP contribution in [0.1, 0.15) is 37.5 Å². The number of nitrogens with one attached hydrogen (secondary N) is 2. The third-order valence-corrected chi connectivity index (χ3v) is 3.22. The summed E-state index contributed by atoms with van der Waals surface area (Å²) in [5.41, 5.74) is 2.30. The summed E-state index contributed by atoms with van der Waals surface area (Å²) in [5.74, 6) is 1.77. The maximum absolute atomic E-state index is 12.0. The van der Waals surface area contributed by atoms with E-state index in [0.29, 0.717) is 5.92 Å². The molecular weight excluding hydrogens is 214 g/mol. The summed E-state index contributed by atoms with van der Waals surface area (Å²) in [5, 5.41) is 3.02. The second-order valence-corrected chi connectivity index (χ2v) is 5.33. The van der Waals surface area contributed by atoms with Crippen molar-refractivity contribution in [1.82, 2.24) is 15.3 Å². The number of aryl methyl sites for hydroxylation is 2. The Hall–Kier alpha value is -1.32. The van der Waals surface area contributed by atoms with Gasteiger partial charge < -0.3 is 10.3 Å². The van der Waals surface area contributed by atoms with E-state index in [9.17, 15) is 4.79 Å². The normalized spacial score (nSPS) is 19.2. The van der Waals surface area contributed by atoms with Crippen LogP contribution in [0.3, 0.4) is 0 Å². The number of nitrogens with zero attached hydrogens (tertiary/aromatic N) is 1. The van der Waals surface area contributed by atoms with Crippen LogP contribution < -0.4 is 5.32 Å². The number of amides is 1. The molecule has 2 rings (SSSR count). The molecule has 0 bridgehead atoms. The Morgan fingerprint density at radius 2 is 2.35 bits per heavy atom. The lowest BCUT2D eigenvalue weighted by Crippen LogP contribution is -2.36. The Bertz CT molecular complexity index is 409. The van der Waals surface area contributed by atoms with E-state index in [2.05, 4.69) is 29.1 Å². The molecule has 1 heterocycles. The van der Waals surface area contributed by atoms with Gasteiger partial charge in [0.15, 0.2) is 0 Å². The molecule has 4 heteroatoms. The minimum absolute atomic E-state index is 0.112. The Kier molecular flexibility index (Phi) is 3.50. The van der Waals surface area contributed by atoms with Gasteiger partial charge in [-0.3, -0.25) is 4.79 Å². The van der Waals surface area contributed by atoms with Crippen molar-refractivity contribution in [2.45, 2.75) is 40.0 Å². The van der Waals surface area contributed by atoms with Gasteiger partial charge in [0.2, 0.25) is 5.91 Å². The van der Waals surface area contributed by atoms with Crippen LogP contribution in [0.4, 0.5) is 0 Å². The summed E-state index contributed by atoms with van der Waals surface area (Å²) in [7, 11) is 0. The summed E-state index contributed by atoms with van der Waals surface area (Å²) in [6, 6.07) is 0. The summed E-state index contributed by atoms with van der Waals surface area (Å²) >= 11 is 0. The first-order valence-corrected chi connectivity index (χ1v) is 6.38. The molecule has 1 aromatic rings. The maximum Gasteiger partial charge on any atom is 0.223 e. The highest BCUT2D eigenvalue weighted by Gasteiger charge is 2.26. The fourth-order valence-corrected chi connectivity index (χ4v) is 2.30. The highest BCUT2D eigenvalue weighted by molar-refractivity contribution is 5.79. The lowest BCUT2D eigenvalue weighted by molar-refractivity contribution is -0.125. The third-order valence-electron chi connectivity index (χ3n) is 3.22. The van der Waals surface area contributed by atoms with Crippen molar-refractivity contribution < 1.29 is 4.79 Å². The number of carbonyl (C=O) groups excluding carboxylic acids is 1. The van der Waals surface area contributed by atoms with Gasteiger partial charge in [0.1, 0.15) is 5.82 Å². The molecule has 0 saturated heterocycles. The fraction of sp³-hybridized carbons (Fsp3) is 0.692. The van der Waals surface area contributed by atoms with E-state index in [4.69, 9.17) is 0 Å². The van der Waals surface area contributed by atoms with Crippen molar-refractivity contribution >= 4 is 5.91 Å². The van der Waals surface area contributed by atoms with Crippen LogP contribution in [0.25, 0.3) is 0 Å². The first-order valence-electron chi connectivity index (χ1n) is 6.38. The largest absolute Gasteiger partial charge is 0.356 e. The molecule has 17 heavy (non-hydrogen) atoms. The molecular formula is C13H21N3O. The van der Waals surface area contributed by atoms with Crippen LogP contribution >= 0.6 is 0 Å². The second-order valence-electron chi connectivity index (χ2n) is 5.33. The van der Waals surface area contributed by atoms with Crippen molar-refractivity contribution in [1.29, 1.82) is 0 Å². The average molecular weight is 235 g/mol. The summed E-state index contributed by atoms with van der Waals surface area (Å²) in [6.07, 6.45) is 2.64. The number of aromatic amines is 1. The van der Waals surface area contributed by atoms with Crippen LogP contribution in [0.15, 0.2) is 0 Å². The lowest BCUT2D eigenvalue weighted by atomic mass is 9.89. The second kappa shape index (κ2) is 4.90. The third kappa shape index (κ3) is 2.87. The van der Waals surface area contributed by atoms with Gasteiger partial charge in [0, 0.05) is 24.6 Å². The Labute approximate surface area is 102 Å². The number of fused-ring (bicyclic) bond motifs is 1. The molecule has 1 aliphatic rings. The molecule has 0 radical (unpaired) electrons. The lowest BCUT2D eigenvalue weighted by Gasteiger charge is -2.21. The van der Waals surface area contributed by atoms with Crippen LogP contribution in [0, 0.1) is 18.8 Å². The predicted molar refractivity (Wildman–Crippen MR) is 66.7 cm³/mol. The molecule has 1 aliphatic carbocycles. The summed E-state index contributed by atoms with van der Waals surface area (Å²) < 4.78 is 0. The van der Waals surface area contributed by atoms with E-state index in [1.165, 1.54) is 0 Å². The van der Waals surface area contributed by atoms with Gasteiger partial charge in [-0.25, -0.2) is 4.98 Å². The van der Waals surface area contributed by atoms with Crippen molar-refractivity contribution in [3.63, 3.8) is 0 Å². The van der Waals surface area contributed by atoms with Gasteiger partial charge in [0.25, 0.3) is 0 Å². The molecule has 0 fully saturated rings. The molecule has 1 atom stereocenters. The van der Waals surface area contributed by atoms with E-state index in [1.807, 2.05) is 6.92 Å². The number of hydrogen-bond donors (Lipinski definition) is 2. The monoisotopic (exact) mass is 235 g/mol. The van der Waals surface area contributed by atoms with Gasteiger partial charge in [-0.1, -0.05) is 13.8 Å². The molecule has 0 spiro atoms. The van der Waals surface area contributed by atoms with E-state index < -0.39 is 0 Å². The highest BCUT2D eigenvalue weighted by atomic mass is 16.1. The Balaban J connectivity index is 1.95. The molecule has 2 N–H and O–H groups in total. The summed E-state index contributed by atoms with van der Waals surface area (Å²) in [6.45, 7) is 6.95. The molecule has 94 valence electrons. The topological polar surface area (TPSA) is 57.8 Å². The molecule has 1 amide bonds. The standard InChI is InChI=1S/C13H21N3O/c1-8(2)7-14-13(17)10-4-5-11-12(6-10)16-9(3)15-11/h8,10H,4-7H2,1-3H3,(H,14,17)(H,15,16). The average Bonchev–Trinajstić information content (AvgIpc) is 2.64. The minimum atomic E-state index is 0.112. The number of aromatic nitrogens is 2. The Morgan fingerprint density at radius 1 is 1.59 bits per heavy atom. The SMILES string of the molecule is Cc1nc2c([nH]1)CC(C(=O)NCC(C)C)CC2. The first-order chi connectivity index (χ1) is 8.06. The molecule has 1 aromatic heterocycles. The first kappa shape index (κ1) is 12.1. The zero-order valence-corrected chi connectivity index (χ0v) is 10.8. The van der Waals surface area contributed by atoms with Crippen molar-refractivity contribution in [3.8, 4) is 0 Å². The fourth-order valence-electron chi connectivity index (χ4n) is 2.30.